The molecule has 4 heteroatoms. The van der Waals surface area contributed by atoms with Gasteiger partial charge in [-0.3, -0.25) is 0 Å². The normalized spacial score (nSPS) is 12.7. The van der Waals surface area contributed by atoms with Crippen molar-refractivity contribution in [1.29, 1.82) is 0 Å². The van der Waals surface area contributed by atoms with Gasteiger partial charge in [0.05, 0.1) is 5.01 Å². The van der Waals surface area contributed by atoms with Crippen LogP contribution < -0.4 is 5.32 Å². The number of thiazole rings is 1. The molecule has 102 valence electrons. The molecule has 0 aliphatic carbocycles. The number of hydrogen-bond acceptors (Lipinski definition) is 3. The highest BCUT2D eigenvalue weighted by molar-refractivity contribution is 7.09. The van der Waals surface area contributed by atoms with Gasteiger partial charge in [0, 0.05) is 29.4 Å². The second kappa shape index (κ2) is 5.69. The van der Waals surface area contributed by atoms with Crippen molar-refractivity contribution in [3.8, 4) is 0 Å². The molecule has 0 aliphatic rings. The maximum Gasteiger partial charge on any atom is 0.131 e. The van der Waals surface area contributed by atoms with Gasteiger partial charge < -0.3 is 5.32 Å². The highest BCUT2D eigenvalue weighted by Crippen LogP contribution is 2.28. The number of nitrogens with one attached hydrogen (secondary N) is 1. The largest absolute Gasteiger partial charge is 0.313 e. The van der Waals surface area contributed by atoms with E-state index in [1.54, 1.807) is 17.4 Å². The smallest absolute Gasteiger partial charge is 0.131 e. The molecule has 1 N–H and O–H groups in total. The predicted molar refractivity (Wildman–Crippen MR) is 81.5 cm³/mol. The first-order chi connectivity index (χ1) is 9.79. The molecule has 2 nitrogen and oxygen atoms in total. The van der Waals surface area contributed by atoms with Crippen molar-refractivity contribution in [2.24, 2.45) is 0 Å². The van der Waals surface area contributed by atoms with E-state index in [1.807, 2.05) is 49.0 Å². The summed E-state index contributed by atoms with van der Waals surface area (Å²) in [6.07, 6.45) is 2.62. The van der Waals surface area contributed by atoms with Gasteiger partial charge in [-0.05, 0) is 24.1 Å². The second-order valence-corrected chi connectivity index (χ2v) is 5.63. The van der Waals surface area contributed by atoms with Crippen molar-refractivity contribution in [3.63, 3.8) is 0 Å². The molecule has 0 radical (unpaired) electrons. The zero-order chi connectivity index (χ0) is 13.9. The van der Waals surface area contributed by atoms with Gasteiger partial charge in [0.25, 0.3) is 0 Å². The maximum atomic E-state index is 13.9. The van der Waals surface area contributed by atoms with Crippen LogP contribution >= 0.6 is 11.3 Å². The molecule has 1 unspecified atom stereocenters. The molecule has 0 spiro atoms. The Balaban J connectivity index is 2.05. The number of fused-ring (bicyclic) bond motifs is 1. The molecule has 1 atom stereocenters. The van der Waals surface area contributed by atoms with Crippen LogP contribution in [-0.2, 0) is 6.42 Å². The van der Waals surface area contributed by atoms with Crippen molar-refractivity contribution in [1.82, 2.24) is 10.3 Å². The molecule has 1 heterocycles. The van der Waals surface area contributed by atoms with Crippen LogP contribution in [0, 0.1) is 5.82 Å². The Morgan fingerprint density at radius 2 is 2.00 bits per heavy atom. The van der Waals surface area contributed by atoms with Gasteiger partial charge in [0.2, 0.25) is 0 Å². The number of likely N-dealkylation sites (N-methyl/N-ethyl adjacent to an activating group) is 1. The standard InChI is InChI=1S/C16H15FN2S/c1-18-15(10-16-19-8-9-20-16)13-6-7-14(17)12-5-3-2-4-11(12)13/h2-9,15,18H,10H2,1H3. The number of rotatable bonds is 4. The zero-order valence-electron chi connectivity index (χ0n) is 11.1. The van der Waals surface area contributed by atoms with Gasteiger partial charge in [-0.2, -0.15) is 0 Å². The van der Waals surface area contributed by atoms with Gasteiger partial charge in [-0.25, -0.2) is 9.37 Å². The van der Waals surface area contributed by atoms with E-state index in [1.165, 1.54) is 0 Å². The van der Waals surface area contributed by atoms with Crippen molar-refractivity contribution < 1.29 is 4.39 Å². The fourth-order valence-corrected chi connectivity index (χ4v) is 3.15. The lowest BCUT2D eigenvalue weighted by Crippen LogP contribution is -2.19. The molecule has 3 aromatic rings. The molecule has 0 fully saturated rings. The minimum Gasteiger partial charge on any atom is -0.313 e. The summed E-state index contributed by atoms with van der Waals surface area (Å²) in [5.74, 6) is -0.173. The first-order valence-corrected chi connectivity index (χ1v) is 7.40. The Hall–Kier alpha value is -1.78. The maximum absolute atomic E-state index is 13.9. The summed E-state index contributed by atoms with van der Waals surface area (Å²) in [7, 11) is 1.93. The molecule has 0 saturated heterocycles. The van der Waals surface area contributed by atoms with Crippen LogP contribution in [0.15, 0.2) is 48.0 Å². The van der Waals surface area contributed by atoms with Crippen LogP contribution in [0.5, 0.6) is 0 Å². The Labute approximate surface area is 121 Å². The van der Waals surface area contributed by atoms with E-state index in [0.717, 1.165) is 22.4 Å². The highest BCUT2D eigenvalue weighted by Gasteiger charge is 2.15. The van der Waals surface area contributed by atoms with Gasteiger partial charge >= 0.3 is 0 Å². The number of hydrogen-bond donors (Lipinski definition) is 1. The fraction of sp³-hybridized carbons (Fsp3) is 0.188. The lowest BCUT2D eigenvalue weighted by Gasteiger charge is -2.18. The van der Waals surface area contributed by atoms with E-state index >= 15 is 0 Å². The van der Waals surface area contributed by atoms with Crippen LogP contribution in [0.1, 0.15) is 16.6 Å². The quantitative estimate of drug-likeness (QED) is 0.786. The molecule has 1 aromatic heterocycles. The topological polar surface area (TPSA) is 24.9 Å². The lowest BCUT2D eigenvalue weighted by atomic mass is 9.96. The molecule has 3 rings (SSSR count). The molecular formula is C16H15FN2S. The van der Waals surface area contributed by atoms with Crippen LogP contribution in [-0.4, -0.2) is 12.0 Å². The molecule has 0 saturated carbocycles. The molecule has 0 amide bonds. The Kier molecular flexibility index (Phi) is 3.76. The van der Waals surface area contributed by atoms with Gasteiger partial charge in [-0.1, -0.05) is 30.3 Å². The summed E-state index contributed by atoms with van der Waals surface area (Å²) >= 11 is 1.64. The van der Waals surface area contributed by atoms with Gasteiger partial charge in [-0.15, -0.1) is 11.3 Å². The fourth-order valence-electron chi connectivity index (χ4n) is 2.49. The third-order valence-electron chi connectivity index (χ3n) is 3.49. The van der Waals surface area contributed by atoms with Crippen molar-refractivity contribution >= 4 is 22.1 Å². The van der Waals surface area contributed by atoms with E-state index in [2.05, 4.69) is 10.3 Å². The average Bonchev–Trinajstić information content (AvgIpc) is 2.99. The predicted octanol–water partition coefficient (Wildman–Crippen LogP) is 3.94. The molecule has 20 heavy (non-hydrogen) atoms. The van der Waals surface area contributed by atoms with E-state index in [9.17, 15) is 4.39 Å². The monoisotopic (exact) mass is 286 g/mol. The summed E-state index contributed by atoms with van der Waals surface area (Å²) in [6, 6.07) is 11.2. The third-order valence-corrected chi connectivity index (χ3v) is 4.29. The van der Waals surface area contributed by atoms with Crippen LogP contribution in [0.2, 0.25) is 0 Å². The average molecular weight is 286 g/mol. The number of benzene rings is 2. The Bertz CT molecular complexity index is 710. The first-order valence-electron chi connectivity index (χ1n) is 6.52. The van der Waals surface area contributed by atoms with E-state index in [0.29, 0.717) is 5.39 Å². The molecule has 0 bridgehead atoms. The molecular weight excluding hydrogens is 271 g/mol. The lowest BCUT2D eigenvalue weighted by molar-refractivity contribution is 0.591. The van der Waals surface area contributed by atoms with Crippen molar-refractivity contribution in [3.05, 3.63) is 64.4 Å². The van der Waals surface area contributed by atoms with Gasteiger partial charge in [0.1, 0.15) is 5.82 Å². The molecule has 0 aliphatic heterocycles. The van der Waals surface area contributed by atoms with Crippen LogP contribution in [0.25, 0.3) is 10.8 Å². The Morgan fingerprint density at radius 1 is 1.20 bits per heavy atom. The molecule has 2 aromatic carbocycles. The van der Waals surface area contributed by atoms with E-state index in [-0.39, 0.29) is 11.9 Å². The van der Waals surface area contributed by atoms with Crippen LogP contribution in [0.4, 0.5) is 4.39 Å². The van der Waals surface area contributed by atoms with Crippen molar-refractivity contribution in [2.75, 3.05) is 7.05 Å². The van der Waals surface area contributed by atoms with Crippen LogP contribution in [0.3, 0.4) is 0 Å². The third kappa shape index (κ3) is 2.44. The summed E-state index contributed by atoms with van der Waals surface area (Å²) in [4.78, 5) is 4.33. The zero-order valence-corrected chi connectivity index (χ0v) is 12.0. The van der Waals surface area contributed by atoms with Gasteiger partial charge in [0.15, 0.2) is 0 Å². The minimum absolute atomic E-state index is 0.131. The first kappa shape index (κ1) is 13.2. The minimum atomic E-state index is -0.173. The second-order valence-electron chi connectivity index (χ2n) is 4.65. The van der Waals surface area contributed by atoms with E-state index in [4.69, 9.17) is 0 Å². The summed E-state index contributed by atoms with van der Waals surface area (Å²) in [5, 5.41) is 8.00. The summed E-state index contributed by atoms with van der Waals surface area (Å²) < 4.78 is 13.9. The van der Waals surface area contributed by atoms with E-state index < -0.39 is 0 Å². The summed E-state index contributed by atoms with van der Waals surface area (Å²) in [5.41, 5.74) is 1.11. The Morgan fingerprint density at radius 3 is 2.70 bits per heavy atom. The summed E-state index contributed by atoms with van der Waals surface area (Å²) in [6.45, 7) is 0. The number of aromatic nitrogens is 1. The SMILES string of the molecule is CNC(Cc1nccs1)c1ccc(F)c2ccccc12. The number of nitrogens with zero attached hydrogens (tertiary/aromatic N) is 1. The van der Waals surface area contributed by atoms with Crippen molar-refractivity contribution in [2.45, 2.75) is 12.5 Å². The number of halogens is 1. The highest BCUT2D eigenvalue weighted by atomic mass is 32.1.